The average Bonchev–Trinajstić information content (AvgIpc) is 3.19. The zero-order chi connectivity index (χ0) is 26.7. The van der Waals surface area contributed by atoms with Crippen molar-refractivity contribution in [2.75, 3.05) is 6.54 Å². The molecule has 2 aromatic carbocycles. The first-order valence-electron chi connectivity index (χ1n) is 12.5. The first-order valence-corrected chi connectivity index (χ1v) is 12.5. The van der Waals surface area contributed by atoms with Gasteiger partial charge < -0.3 is 10.6 Å². The SMILES string of the molecule is CCCn1c(=O)c2ccc(C(=O)NCC(C)C)cc2n2c(=O)n(CC(=O)NCc3ccc(C)cc3)nc12. The van der Waals surface area contributed by atoms with Crippen LogP contribution in [0.15, 0.2) is 52.1 Å². The summed E-state index contributed by atoms with van der Waals surface area (Å²) in [5.74, 6) is -0.267. The van der Waals surface area contributed by atoms with E-state index in [1.54, 1.807) is 12.1 Å². The summed E-state index contributed by atoms with van der Waals surface area (Å²) in [6, 6.07) is 12.4. The molecule has 2 aromatic heterocycles. The molecule has 0 saturated heterocycles. The van der Waals surface area contributed by atoms with E-state index in [-0.39, 0.29) is 41.1 Å². The van der Waals surface area contributed by atoms with Gasteiger partial charge in [0.15, 0.2) is 0 Å². The monoisotopic (exact) mass is 504 g/mol. The zero-order valence-electron chi connectivity index (χ0n) is 21.6. The van der Waals surface area contributed by atoms with Crippen molar-refractivity contribution < 1.29 is 9.59 Å². The normalized spacial score (nSPS) is 11.4. The Balaban J connectivity index is 1.72. The summed E-state index contributed by atoms with van der Waals surface area (Å²) >= 11 is 0. The highest BCUT2D eigenvalue weighted by Crippen LogP contribution is 2.15. The molecule has 4 aromatic rings. The lowest BCUT2D eigenvalue weighted by atomic mass is 10.1. The minimum atomic E-state index is -0.560. The van der Waals surface area contributed by atoms with E-state index >= 15 is 0 Å². The van der Waals surface area contributed by atoms with E-state index in [0.717, 1.165) is 15.8 Å². The van der Waals surface area contributed by atoms with Gasteiger partial charge in [0.05, 0.1) is 10.9 Å². The highest BCUT2D eigenvalue weighted by Gasteiger charge is 2.20. The predicted octanol–water partition coefficient (Wildman–Crippen LogP) is 2.23. The molecule has 0 aliphatic carbocycles. The Hall–Kier alpha value is -4.21. The first kappa shape index (κ1) is 25.9. The van der Waals surface area contributed by atoms with E-state index in [4.69, 9.17) is 0 Å². The van der Waals surface area contributed by atoms with Crippen molar-refractivity contribution in [3.63, 3.8) is 0 Å². The molecule has 0 unspecified atom stereocenters. The van der Waals surface area contributed by atoms with Crippen LogP contribution in [0.4, 0.5) is 0 Å². The number of nitrogens with zero attached hydrogens (tertiary/aromatic N) is 4. The lowest BCUT2D eigenvalue weighted by Crippen LogP contribution is -2.32. The molecule has 0 bridgehead atoms. The molecule has 10 heteroatoms. The van der Waals surface area contributed by atoms with Crippen LogP contribution in [-0.4, -0.2) is 37.1 Å². The topological polar surface area (TPSA) is 120 Å². The van der Waals surface area contributed by atoms with Crippen LogP contribution in [0.3, 0.4) is 0 Å². The molecule has 0 radical (unpaired) electrons. The Morgan fingerprint density at radius 1 is 1.03 bits per heavy atom. The van der Waals surface area contributed by atoms with Crippen LogP contribution in [0.2, 0.25) is 0 Å². The first-order chi connectivity index (χ1) is 17.7. The summed E-state index contributed by atoms with van der Waals surface area (Å²) in [6.45, 7) is 8.76. The van der Waals surface area contributed by atoms with Gasteiger partial charge in [0.25, 0.3) is 11.5 Å². The van der Waals surface area contributed by atoms with Crippen LogP contribution in [-0.2, 0) is 24.4 Å². The maximum atomic E-state index is 13.4. The number of nitrogens with one attached hydrogen (secondary N) is 2. The van der Waals surface area contributed by atoms with Crippen molar-refractivity contribution in [3.05, 3.63) is 80.0 Å². The van der Waals surface area contributed by atoms with Gasteiger partial charge in [-0.15, -0.1) is 5.10 Å². The number of hydrogen-bond donors (Lipinski definition) is 2. The lowest BCUT2D eigenvalue weighted by Gasteiger charge is -2.11. The molecule has 0 saturated carbocycles. The number of aromatic nitrogens is 4. The fourth-order valence-corrected chi connectivity index (χ4v) is 4.08. The van der Waals surface area contributed by atoms with Crippen molar-refractivity contribution in [2.24, 2.45) is 5.92 Å². The van der Waals surface area contributed by atoms with Crippen molar-refractivity contribution in [2.45, 2.75) is 53.8 Å². The molecule has 2 N–H and O–H groups in total. The highest BCUT2D eigenvalue weighted by molar-refractivity contribution is 5.98. The van der Waals surface area contributed by atoms with Crippen LogP contribution in [0.5, 0.6) is 0 Å². The number of aryl methyl sites for hydroxylation is 2. The maximum Gasteiger partial charge on any atom is 0.352 e. The molecule has 0 atom stereocenters. The van der Waals surface area contributed by atoms with E-state index < -0.39 is 5.69 Å². The van der Waals surface area contributed by atoms with Gasteiger partial charge in [-0.05, 0) is 43.0 Å². The van der Waals surface area contributed by atoms with Gasteiger partial charge >= 0.3 is 5.69 Å². The molecule has 37 heavy (non-hydrogen) atoms. The van der Waals surface area contributed by atoms with Crippen molar-refractivity contribution in [3.8, 4) is 0 Å². The third-order valence-electron chi connectivity index (χ3n) is 6.06. The lowest BCUT2D eigenvalue weighted by molar-refractivity contribution is -0.122. The molecule has 0 aliphatic rings. The number of benzene rings is 2. The highest BCUT2D eigenvalue weighted by atomic mass is 16.2. The van der Waals surface area contributed by atoms with E-state index in [9.17, 15) is 19.2 Å². The number of carbonyl (C=O) groups excluding carboxylic acids is 2. The average molecular weight is 505 g/mol. The molecular formula is C27H32N6O4. The fourth-order valence-electron chi connectivity index (χ4n) is 4.08. The summed E-state index contributed by atoms with van der Waals surface area (Å²) < 4.78 is 3.79. The summed E-state index contributed by atoms with van der Waals surface area (Å²) in [5, 5.41) is 10.3. The Bertz CT molecular complexity index is 1580. The molecule has 4 rings (SSSR count). The number of rotatable bonds is 9. The van der Waals surface area contributed by atoms with Crippen LogP contribution in [0, 0.1) is 12.8 Å². The van der Waals surface area contributed by atoms with E-state index in [1.165, 1.54) is 15.0 Å². The largest absolute Gasteiger partial charge is 0.352 e. The van der Waals surface area contributed by atoms with Crippen LogP contribution >= 0.6 is 0 Å². The summed E-state index contributed by atoms with van der Waals surface area (Å²) in [7, 11) is 0. The van der Waals surface area contributed by atoms with Crippen LogP contribution in [0.25, 0.3) is 16.7 Å². The van der Waals surface area contributed by atoms with Gasteiger partial charge in [-0.3, -0.25) is 19.0 Å². The Kier molecular flexibility index (Phi) is 7.56. The number of carbonyl (C=O) groups is 2. The Labute approximate surface area is 213 Å². The number of fused-ring (bicyclic) bond motifs is 3. The second-order valence-corrected chi connectivity index (χ2v) is 9.63. The van der Waals surface area contributed by atoms with Gasteiger partial charge in [-0.25, -0.2) is 13.9 Å². The summed E-state index contributed by atoms with van der Waals surface area (Å²) in [5.41, 5.74) is 1.80. The van der Waals surface area contributed by atoms with E-state index in [2.05, 4.69) is 15.7 Å². The van der Waals surface area contributed by atoms with Gasteiger partial charge in [0, 0.05) is 25.2 Å². The number of amides is 2. The van der Waals surface area contributed by atoms with Crippen LogP contribution < -0.4 is 21.9 Å². The third kappa shape index (κ3) is 5.47. The minimum absolute atomic E-state index is 0.135. The minimum Gasteiger partial charge on any atom is -0.352 e. The quantitative estimate of drug-likeness (QED) is 0.362. The standard InChI is InChI=1S/C27H32N6O4/c1-5-12-31-25(36)21-11-10-20(24(35)29-14-17(2)3)13-22(21)33-26(31)30-32(27(33)37)16-23(34)28-15-19-8-6-18(4)7-9-19/h6-11,13,17H,5,12,14-16H2,1-4H3,(H,28,34)(H,29,35). The molecule has 2 heterocycles. The van der Waals surface area contributed by atoms with Crippen molar-refractivity contribution in [1.29, 1.82) is 0 Å². The maximum absolute atomic E-state index is 13.4. The Morgan fingerprint density at radius 3 is 2.43 bits per heavy atom. The zero-order valence-corrected chi connectivity index (χ0v) is 21.6. The van der Waals surface area contributed by atoms with Gasteiger partial charge in [-0.2, -0.15) is 0 Å². The molecule has 10 nitrogen and oxygen atoms in total. The predicted molar refractivity (Wildman–Crippen MR) is 142 cm³/mol. The third-order valence-corrected chi connectivity index (χ3v) is 6.06. The molecule has 194 valence electrons. The smallest absolute Gasteiger partial charge is 0.352 e. The molecule has 0 aliphatic heterocycles. The van der Waals surface area contributed by atoms with Crippen molar-refractivity contribution in [1.82, 2.24) is 29.4 Å². The van der Waals surface area contributed by atoms with Crippen molar-refractivity contribution >= 4 is 28.5 Å². The molecular weight excluding hydrogens is 472 g/mol. The second kappa shape index (κ2) is 10.8. The fraction of sp³-hybridized carbons (Fsp3) is 0.370. The van der Waals surface area contributed by atoms with Gasteiger partial charge in [0.1, 0.15) is 6.54 Å². The van der Waals surface area contributed by atoms with E-state index in [0.29, 0.717) is 37.0 Å². The number of hydrogen-bond acceptors (Lipinski definition) is 5. The Morgan fingerprint density at radius 2 is 1.76 bits per heavy atom. The summed E-state index contributed by atoms with van der Waals surface area (Å²) in [6.07, 6.45) is 0.648. The van der Waals surface area contributed by atoms with Crippen LogP contribution in [0.1, 0.15) is 48.7 Å². The van der Waals surface area contributed by atoms with Gasteiger partial charge in [0.2, 0.25) is 11.7 Å². The molecule has 0 spiro atoms. The summed E-state index contributed by atoms with van der Waals surface area (Å²) in [4.78, 5) is 52.0. The molecule has 0 fully saturated rings. The van der Waals surface area contributed by atoms with E-state index in [1.807, 2.05) is 52.0 Å². The molecule has 2 amide bonds. The van der Waals surface area contributed by atoms with Gasteiger partial charge in [-0.1, -0.05) is 50.6 Å². The second-order valence-electron chi connectivity index (χ2n) is 9.63.